The summed E-state index contributed by atoms with van der Waals surface area (Å²) in [6.07, 6.45) is 2.12. The van der Waals surface area contributed by atoms with Gasteiger partial charge in [-0.2, -0.15) is 5.26 Å². The van der Waals surface area contributed by atoms with Crippen molar-refractivity contribution in [2.45, 2.75) is 17.7 Å². The van der Waals surface area contributed by atoms with Gasteiger partial charge in [0.15, 0.2) is 9.84 Å². The first kappa shape index (κ1) is 16.0. The van der Waals surface area contributed by atoms with Gasteiger partial charge in [0, 0.05) is 19.8 Å². The van der Waals surface area contributed by atoms with Gasteiger partial charge in [0.1, 0.15) is 0 Å². The lowest BCUT2D eigenvalue weighted by atomic mass is 10.1. The number of rotatable bonds is 7. The smallest absolute Gasteiger partial charge is 0.179 e. The molecule has 1 N–H and O–H groups in total. The van der Waals surface area contributed by atoms with Gasteiger partial charge in [-0.15, -0.1) is 0 Å². The largest absolute Gasteiger partial charge is 0.381 e. The van der Waals surface area contributed by atoms with Crippen molar-refractivity contribution >= 4 is 9.84 Å². The molecular formula is C15H20N2O3S. The lowest BCUT2D eigenvalue weighted by molar-refractivity contribution is 0.184. The molecule has 0 amide bonds. The second-order valence-corrected chi connectivity index (χ2v) is 7.34. The Bertz CT molecular complexity index is 602. The molecule has 2 rings (SSSR count). The van der Waals surface area contributed by atoms with Gasteiger partial charge in [0.2, 0.25) is 0 Å². The van der Waals surface area contributed by atoms with Crippen molar-refractivity contribution in [1.29, 1.82) is 5.26 Å². The van der Waals surface area contributed by atoms with E-state index < -0.39 is 9.84 Å². The lowest BCUT2D eigenvalue weighted by Crippen LogP contribution is -2.25. The summed E-state index contributed by atoms with van der Waals surface area (Å²) in [5, 5.41) is 12.0. The van der Waals surface area contributed by atoms with Gasteiger partial charge < -0.3 is 10.1 Å². The number of benzene rings is 1. The van der Waals surface area contributed by atoms with Crippen molar-refractivity contribution in [3.05, 3.63) is 29.8 Å². The highest BCUT2D eigenvalue weighted by Crippen LogP contribution is 2.15. The van der Waals surface area contributed by atoms with Crippen LogP contribution in [0.2, 0.25) is 0 Å². The van der Waals surface area contributed by atoms with Crippen molar-refractivity contribution in [2.75, 3.05) is 32.1 Å². The van der Waals surface area contributed by atoms with E-state index in [2.05, 4.69) is 5.32 Å². The van der Waals surface area contributed by atoms with E-state index in [4.69, 9.17) is 10.00 Å². The summed E-state index contributed by atoms with van der Waals surface area (Å²) >= 11 is 0. The second-order valence-electron chi connectivity index (χ2n) is 5.23. The van der Waals surface area contributed by atoms with Crippen LogP contribution in [-0.2, 0) is 14.6 Å². The molecule has 0 aliphatic carbocycles. The van der Waals surface area contributed by atoms with E-state index in [-0.39, 0.29) is 10.6 Å². The molecule has 1 aromatic rings. The van der Waals surface area contributed by atoms with Crippen LogP contribution in [-0.4, -0.2) is 40.5 Å². The Morgan fingerprint density at radius 1 is 1.38 bits per heavy atom. The fourth-order valence-electron chi connectivity index (χ4n) is 2.33. The topological polar surface area (TPSA) is 79.2 Å². The van der Waals surface area contributed by atoms with Crippen LogP contribution in [0.5, 0.6) is 0 Å². The van der Waals surface area contributed by atoms with E-state index in [0.717, 1.165) is 32.6 Å². The highest BCUT2D eigenvalue weighted by molar-refractivity contribution is 7.91. The van der Waals surface area contributed by atoms with Crippen LogP contribution in [0.4, 0.5) is 0 Å². The zero-order chi connectivity index (χ0) is 15.1. The van der Waals surface area contributed by atoms with Gasteiger partial charge in [-0.05, 0) is 43.5 Å². The van der Waals surface area contributed by atoms with Gasteiger partial charge >= 0.3 is 0 Å². The summed E-state index contributed by atoms with van der Waals surface area (Å²) < 4.78 is 29.6. The van der Waals surface area contributed by atoms with E-state index in [9.17, 15) is 8.42 Å². The van der Waals surface area contributed by atoms with E-state index in [0.29, 0.717) is 18.0 Å². The maximum Gasteiger partial charge on any atom is 0.179 e. The van der Waals surface area contributed by atoms with Gasteiger partial charge in [0.05, 0.1) is 22.3 Å². The molecule has 5 nitrogen and oxygen atoms in total. The summed E-state index contributed by atoms with van der Waals surface area (Å²) in [6.45, 7) is 2.89. The summed E-state index contributed by atoms with van der Waals surface area (Å²) in [6, 6.07) is 8.11. The van der Waals surface area contributed by atoms with Crippen LogP contribution < -0.4 is 5.32 Å². The van der Waals surface area contributed by atoms with E-state index in [1.54, 1.807) is 12.1 Å². The van der Waals surface area contributed by atoms with Crippen molar-refractivity contribution in [3.63, 3.8) is 0 Å². The highest BCUT2D eigenvalue weighted by atomic mass is 32.2. The zero-order valence-corrected chi connectivity index (χ0v) is 12.7. The van der Waals surface area contributed by atoms with Crippen LogP contribution in [0, 0.1) is 17.2 Å². The molecule has 0 bridgehead atoms. The summed E-state index contributed by atoms with van der Waals surface area (Å²) in [4.78, 5) is 0.215. The van der Waals surface area contributed by atoms with Crippen LogP contribution >= 0.6 is 0 Å². The Balaban J connectivity index is 1.77. The average Bonchev–Trinajstić information content (AvgIpc) is 3.00. The number of ether oxygens (including phenoxy) is 1. The number of sulfone groups is 1. The minimum atomic E-state index is -3.33. The fourth-order valence-corrected chi connectivity index (χ4v) is 3.57. The Morgan fingerprint density at radius 3 is 2.95 bits per heavy atom. The Morgan fingerprint density at radius 2 is 2.24 bits per heavy atom. The van der Waals surface area contributed by atoms with Gasteiger partial charge in [-0.25, -0.2) is 8.42 Å². The van der Waals surface area contributed by atoms with Crippen LogP contribution in [0.15, 0.2) is 29.2 Å². The second kappa shape index (κ2) is 7.55. The van der Waals surface area contributed by atoms with Crippen molar-refractivity contribution < 1.29 is 13.2 Å². The third kappa shape index (κ3) is 4.81. The molecule has 6 heteroatoms. The van der Waals surface area contributed by atoms with Crippen molar-refractivity contribution in [1.82, 2.24) is 5.32 Å². The maximum absolute atomic E-state index is 12.2. The molecule has 1 saturated heterocycles. The van der Waals surface area contributed by atoms with E-state index in [1.165, 1.54) is 12.1 Å². The normalized spacial score (nSPS) is 18.5. The molecule has 1 atom stereocenters. The Kier molecular flexibility index (Phi) is 5.74. The molecule has 114 valence electrons. The summed E-state index contributed by atoms with van der Waals surface area (Å²) in [5.41, 5.74) is 0.366. The van der Waals surface area contributed by atoms with Gasteiger partial charge in [-0.3, -0.25) is 0 Å². The number of nitriles is 1. The molecule has 1 fully saturated rings. The van der Waals surface area contributed by atoms with E-state index >= 15 is 0 Å². The highest BCUT2D eigenvalue weighted by Gasteiger charge is 2.16. The predicted octanol–water partition coefficient (Wildman–Crippen LogP) is 1.35. The number of hydrogen-bond acceptors (Lipinski definition) is 5. The van der Waals surface area contributed by atoms with Gasteiger partial charge in [0.25, 0.3) is 0 Å². The maximum atomic E-state index is 12.2. The number of nitrogens with one attached hydrogen (secondary N) is 1. The Hall–Kier alpha value is -1.42. The number of nitrogens with zero attached hydrogens (tertiary/aromatic N) is 1. The average molecular weight is 308 g/mol. The lowest BCUT2D eigenvalue weighted by Gasteiger charge is -2.09. The third-order valence-corrected chi connectivity index (χ3v) is 5.34. The first-order valence-electron chi connectivity index (χ1n) is 7.13. The fraction of sp³-hybridized carbons (Fsp3) is 0.533. The van der Waals surface area contributed by atoms with Gasteiger partial charge in [-0.1, -0.05) is 6.07 Å². The third-order valence-electron chi connectivity index (χ3n) is 3.62. The van der Waals surface area contributed by atoms with Crippen LogP contribution in [0.3, 0.4) is 0 Å². The monoisotopic (exact) mass is 308 g/mol. The molecule has 0 spiro atoms. The molecule has 0 aromatic heterocycles. The SMILES string of the molecule is N#Cc1cccc(S(=O)(=O)CCNCCC2CCOC2)c1. The molecule has 1 aromatic carbocycles. The molecule has 1 aliphatic rings. The number of hydrogen-bond donors (Lipinski definition) is 1. The molecule has 0 saturated carbocycles. The molecule has 21 heavy (non-hydrogen) atoms. The molecule has 1 aliphatic heterocycles. The molecule has 1 heterocycles. The standard InChI is InChI=1S/C15H20N2O3S/c16-11-14-2-1-3-15(10-14)21(18,19)9-7-17-6-4-13-5-8-20-12-13/h1-3,10,13,17H,4-9,12H2. The summed E-state index contributed by atoms with van der Waals surface area (Å²) in [5.74, 6) is 0.643. The van der Waals surface area contributed by atoms with Crippen molar-refractivity contribution in [3.8, 4) is 6.07 Å². The van der Waals surface area contributed by atoms with E-state index in [1.807, 2.05) is 6.07 Å². The predicted molar refractivity (Wildman–Crippen MR) is 79.6 cm³/mol. The molecule has 0 radical (unpaired) electrons. The minimum Gasteiger partial charge on any atom is -0.381 e. The van der Waals surface area contributed by atoms with Crippen LogP contribution in [0.25, 0.3) is 0 Å². The first-order valence-corrected chi connectivity index (χ1v) is 8.78. The molecular weight excluding hydrogens is 288 g/mol. The van der Waals surface area contributed by atoms with Crippen molar-refractivity contribution in [2.24, 2.45) is 5.92 Å². The zero-order valence-electron chi connectivity index (χ0n) is 11.9. The van der Waals surface area contributed by atoms with Crippen LogP contribution in [0.1, 0.15) is 18.4 Å². The first-order chi connectivity index (χ1) is 10.1. The Labute approximate surface area is 125 Å². The quantitative estimate of drug-likeness (QED) is 0.769. The molecule has 1 unspecified atom stereocenters. The summed E-state index contributed by atoms with van der Waals surface area (Å²) in [7, 11) is -3.33. The minimum absolute atomic E-state index is 0.0447.